The molecule has 0 unspecified atom stereocenters. The maximum atomic E-state index is 2.37. The summed E-state index contributed by atoms with van der Waals surface area (Å²) in [6.07, 6.45) is 0. The lowest BCUT2D eigenvalue weighted by molar-refractivity contribution is 1.18. The van der Waals surface area contributed by atoms with E-state index in [0.717, 1.165) is 0 Å². The average molecular weight is 578 g/mol. The maximum Gasteiger partial charge on any atom is 0.0541 e. The van der Waals surface area contributed by atoms with Gasteiger partial charge < -0.3 is 15.3 Å². The van der Waals surface area contributed by atoms with Crippen LogP contribution in [0.2, 0.25) is 0 Å². The molecule has 0 radical (unpaired) electrons. The molecule has 0 spiro atoms. The van der Waals surface area contributed by atoms with E-state index in [2.05, 4.69) is 179 Å². The number of aromatic nitrogens is 2. The number of rotatable bonds is 4. The van der Waals surface area contributed by atoms with Gasteiger partial charge in [0, 0.05) is 32.9 Å². The van der Waals surface area contributed by atoms with Crippen molar-refractivity contribution in [2.45, 2.75) is 0 Å². The van der Waals surface area contributed by atoms with Gasteiger partial charge in [-0.05, 0) is 70.8 Å². The molecule has 0 aliphatic heterocycles. The Morgan fingerprint density at radius 1 is 0.267 bits per heavy atom. The van der Waals surface area contributed by atoms with E-state index in [1.807, 2.05) is 0 Å². The summed E-state index contributed by atoms with van der Waals surface area (Å²) >= 11 is 0. The van der Waals surface area contributed by atoms with Crippen LogP contribution in [0.5, 0.6) is 0 Å². The molecule has 0 fully saturated rings. The lowest BCUT2D eigenvalue weighted by atomic mass is 9.94. The molecule has 9 rings (SSSR count). The molecule has 0 saturated heterocycles. The van der Waals surface area contributed by atoms with Crippen molar-refractivity contribution in [1.29, 1.82) is 0 Å². The van der Waals surface area contributed by atoms with Crippen LogP contribution in [0.1, 0.15) is 0 Å². The SMILES string of the molecule is N.c1ccc(-c2ccc(-n3c4ccccc4c4ccccc43)cc2)c(-c2ccc(-n3c4ccccc4c4ccccc43)cc2)c1. The predicted molar refractivity (Wildman–Crippen MR) is 191 cm³/mol. The maximum absolute atomic E-state index is 2.37. The molecule has 0 bridgehead atoms. The first-order valence-corrected chi connectivity index (χ1v) is 15.1. The number of nitrogens with zero attached hydrogens (tertiary/aromatic N) is 2. The minimum atomic E-state index is 0. The molecule has 214 valence electrons. The summed E-state index contributed by atoms with van der Waals surface area (Å²) in [4.78, 5) is 0. The monoisotopic (exact) mass is 577 g/mol. The zero-order valence-electron chi connectivity index (χ0n) is 24.8. The quantitative estimate of drug-likeness (QED) is 0.222. The molecule has 0 saturated carbocycles. The zero-order valence-corrected chi connectivity index (χ0v) is 24.8. The molecule has 2 aromatic heterocycles. The Kier molecular flexibility index (Phi) is 6.33. The molecule has 0 aliphatic carbocycles. The first-order chi connectivity index (χ1) is 21.8. The highest BCUT2D eigenvalue weighted by atomic mass is 15.0. The number of benzene rings is 7. The van der Waals surface area contributed by atoms with Crippen molar-refractivity contribution in [2.75, 3.05) is 0 Å². The molecule has 0 aliphatic rings. The standard InChI is InChI=1S/C42H28N2.H3N/c1-2-12-34(30-23-27-32(28-24-30)44-41-19-9-5-15-37(41)38-16-6-10-20-42(38)44)33(11-1)29-21-25-31(26-22-29)43-39-17-7-3-13-35(39)36-14-4-8-18-40(36)43;/h1-28H;1H3. The third kappa shape index (κ3) is 4.17. The Bertz CT molecular complexity index is 2200. The number of para-hydroxylation sites is 4. The van der Waals surface area contributed by atoms with Gasteiger partial charge in [0.05, 0.1) is 22.1 Å². The van der Waals surface area contributed by atoms with Gasteiger partial charge >= 0.3 is 0 Å². The summed E-state index contributed by atoms with van der Waals surface area (Å²) in [6.45, 7) is 0. The van der Waals surface area contributed by atoms with Crippen molar-refractivity contribution < 1.29 is 0 Å². The van der Waals surface area contributed by atoms with E-state index in [-0.39, 0.29) is 6.15 Å². The minimum Gasteiger partial charge on any atom is -0.344 e. The van der Waals surface area contributed by atoms with E-state index in [0.29, 0.717) is 0 Å². The van der Waals surface area contributed by atoms with Crippen molar-refractivity contribution in [2.24, 2.45) is 0 Å². The van der Waals surface area contributed by atoms with Crippen molar-refractivity contribution >= 4 is 43.6 Å². The fourth-order valence-electron chi connectivity index (χ4n) is 6.97. The molecule has 7 aromatic carbocycles. The predicted octanol–water partition coefficient (Wildman–Crippen LogP) is 11.4. The smallest absolute Gasteiger partial charge is 0.0541 e. The summed E-state index contributed by atoms with van der Waals surface area (Å²) in [5.41, 5.74) is 12.1. The van der Waals surface area contributed by atoms with E-state index in [1.54, 1.807) is 0 Å². The lowest BCUT2D eigenvalue weighted by Gasteiger charge is -2.13. The van der Waals surface area contributed by atoms with Crippen LogP contribution in [0, 0.1) is 0 Å². The lowest BCUT2D eigenvalue weighted by Crippen LogP contribution is -1.94. The van der Waals surface area contributed by atoms with Crippen molar-refractivity contribution in [3.8, 4) is 33.6 Å². The van der Waals surface area contributed by atoms with E-state index in [9.17, 15) is 0 Å². The van der Waals surface area contributed by atoms with Gasteiger partial charge in [-0.25, -0.2) is 0 Å². The first-order valence-electron chi connectivity index (χ1n) is 15.1. The molecule has 3 nitrogen and oxygen atoms in total. The van der Waals surface area contributed by atoms with Gasteiger partial charge in [0.25, 0.3) is 0 Å². The Balaban J connectivity index is 0.00000300. The number of fused-ring (bicyclic) bond motifs is 6. The zero-order chi connectivity index (χ0) is 29.0. The normalized spacial score (nSPS) is 11.4. The average Bonchev–Trinajstić information content (AvgIpc) is 3.62. The van der Waals surface area contributed by atoms with Crippen LogP contribution in [0.3, 0.4) is 0 Å². The van der Waals surface area contributed by atoms with Gasteiger partial charge in [0.1, 0.15) is 0 Å². The number of hydrogen-bond donors (Lipinski definition) is 1. The topological polar surface area (TPSA) is 44.9 Å². The largest absolute Gasteiger partial charge is 0.344 e. The summed E-state index contributed by atoms with van der Waals surface area (Å²) in [6, 6.07) is 61.4. The summed E-state index contributed by atoms with van der Waals surface area (Å²) in [5, 5.41) is 5.12. The second-order valence-electron chi connectivity index (χ2n) is 11.4. The second-order valence-corrected chi connectivity index (χ2v) is 11.4. The highest BCUT2D eigenvalue weighted by Crippen LogP contribution is 2.37. The van der Waals surface area contributed by atoms with E-state index < -0.39 is 0 Å². The van der Waals surface area contributed by atoms with Gasteiger partial charge in [-0.15, -0.1) is 0 Å². The first kappa shape index (κ1) is 26.7. The molecule has 3 heteroatoms. The van der Waals surface area contributed by atoms with E-state index >= 15 is 0 Å². The summed E-state index contributed by atoms with van der Waals surface area (Å²) in [7, 11) is 0. The molecule has 0 amide bonds. The van der Waals surface area contributed by atoms with Crippen LogP contribution in [0.15, 0.2) is 170 Å². The van der Waals surface area contributed by atoms with Gasteiger partial charge in [-0.2, -0.15) is 0 Å². The minimum absolute atomic E-state index is 0. The fourth-order valence-corrected chi connectivity index (χ4v) is 6.97. The molecule has 2 heterocycles. The summed E-state index contributed by atoms with van der Waals surface area (Å²) in [5.74, 6) is 0. The van der Waals surface area contributed by atoms with Gasteiger partial charge in [-0.1, -0.05) is 121 Å². The van der Waals surface area contributed by atoms with Crippen molar-refractivity contribution in [3.05, 3.63) is 170 Å². The van der Waals surface area contributed by atoms with Crippen molar-refractivity contribution in [3.63, 3.8) is 0 Å². The fraction of sp³-hybridized carbons (Fsp3) is 0. The van der Waals surface area contributed by atoms with Crippen molar-refractivity contribution in [1.82, 2.24) is 15.3 Å². The van der Waals surface area contributed by atoms with Crippen LogP contribution >= 0.6 is 0 Å². The van der Waals surface area contributed by atoms with E-state index in [4.69, 9.17) is 0 Å². The second kappa shape index (κ2) is 10.7. The van der Waals surface area contributed by atoms with Crippen LogP contribution < -0.4 is 6.15 Å². The van der Waals surface area contributed by atoms with Gasteiger partial charge in [0.15, 0.2) is 0 Å². The Hall–Kier alpha value is -5.90. The van der Waals surface area contributed by atoms with Crippen LogP contribution in [0.25, 0.3) is 77.2 Å². The molecular weight excluding hydrogens is 546 g/mol. The van der Waals surface area contributed by atoms with Crippen LogP contribution in [-0.2, 0) is 0 Å². The van der Waals surface area contributed by atoms with Gasteiger partial charge in [0.2, 0.25) is 0 Å². The van der Waals surface area contributed by atoms with Crippen LogP contribution in [-0.4, -0.2) is 9.13 Å². The molecular formula is C42H31N3. The molecule has 9 aromatic rings. The third-order valence-corrected chi connectivity index (χ3v) is 8.96. The van der Waals surface area contributed by atoms with E-state index in [1.165, 1.54) is 77.2 Å². The highest BCUT2D eigenvalue weighted by Gasteiger charge is 2.14. The molecule has 3 N–H and O–H groups in total. The van der Waals surface area contributed by atoms with Crippen LogP contribution in [0.4, 0.5) is 0 Å². The Morgan fingerprint density at radius 2 is 0.533 bits per heavy atom. The molecule has 45 heavy (non-hydrogen) atoms. The summed E-state index contributed by atoms with van der Waals surface area (Å²) < 4.78 is 4.74. The molecule has 0 atom stereocenters. The van der Waals surface area contributed by atoms with Gasteiger partial charge in [-0.3, -0.25) is 0 Å². The Morgan fingerprint density at radius 3 is 0.844 bits per heavy atom. The third-order valence-electron chi connectivity index (χ3n) is 8.96. The number of hydrogen-bond acceptors (Lipinski definition) is 1. The Labute approximate surface area is 261 Å². The highest BCUT2D eigenvalue weighted by molar-refractivity contribution is 6.10.